The number of carbonyl (C=O) groups is 2. The van der Waals surface area contributed by atoms with Crippen molar-refractivity contribution in [2.24, 2.45) is 0 Å². The highest BCUT2D eigenvalue weighted by atomic mass is 16.6. The summed E-state index contributed by atoms with van der Waals surface area (Å²) in [5.41, 5.74) is -0.517. The van der Waals surface area contributed by atoms with Gasteiger partial charge in [0.25, 0.3) is 0 Å². The van der Waals surface area contributed by atoms with E-state index in [1.165, 1.54) is 0 Å². The van der Waals surface area contributed by atoms with E-state index in [9.17, 15) is 9.59 Å². The quantitative estimate of drug-likeness (QED) is 0.847. The Labute approximate surface area is 127 Å². The molecule has 1 aliphatic carbocycles. The van der Waals surface area contributed by atoms with E-state index >= 15 is 0 Å². The molecule has 0 aromatic carbocycles. The minimum Gasteiger partial charge on any atom is -0.450 e. The molecule has 122 valence electrons. The molecule has 6 heteroatoms. The lowest BCUT2D eigenvalue weighted by Gasteiger charge is -2.28. The Morgan fingerprint density at radius 3 is 2.38 bits per heavy atom. The molecule has 0 unspecified atom stereocenters. The molecule has 1 rings (SSSR count). The Kier molecular flexibility index (Phi) is 6.78. The van der Waals surface area contributed by atoms with Crippen molar-refractivity contribution in [3.05, 3.63) is 0 Å². The van der Waals surface area contributed by atoms with Crippen LogP contribution in [-0.4, -0.2) is 48.4 Å². The molecular formula is C15H28N2O4. The highest BCUT2D eigenvalue weighted by Crippen LogP contribution is 2.23. The second-order valence-electron chi connectivity index (χ2n) is 6.26. The van der Waals surface area contributed by atoms with Gasteiger partial charge in [0.1, 0.15) is 5.60 Å². The highest BCUT2D eigenvalue weighted by molar-refractivity contribution is 5.69. The van der Waals surface area contributed by atoms with Gasteiger partial charge in [-0.15, -0.1) is 0 Å². The van der Waals surface area contributed by atoms with Gasteiger partial charge in [0.05, 0.1) is 6.61 Å². The van der Waals surface area contributed by atoms with E-state index in [2.05, 4.69) is 5.32 Å². The van der Waals surface area contributed by atoms with Crippen LogP contribution in [0.5, 0.6) is 0 Å². The average Bonchev–Trinajstić information content (AvgIpc) is 2.86. The zero-order chi connectivity index (χ0) is 15.9. The zero-order valence-electron chi connectivity index (χ0n) is 13.6. The lowest BCUT2D eigenvalue weighted by atomic mass is 10.2. The molecule has 0 spiro atoms. The van der Waals surface area contributed by atoms with Gasteiger partial charge in [-0.3, -0.25) is 0 Å². The predicted molar refractivity (Wildman–Crippen MR) is 80.2 cm³/mol. The summed E-state index contributed by atoms with van der Waals surface area (Å²) in [5, 5.41) is 2.68. The topological polar surface area (TPSA) is 67.9 Å². The maximum atomic E-state index is 12.0. The molecule has 0 bridgehead atoms. The number of rotatable bonds is 5. The molecular weight excluding hydrogens is 272 g/mol. The van der Waals surface area contributed by atoms with Gasteiger partial charge in [0, 0.05) is 19.1 Å². The van der Waals surface area contributed by atoms with Crippen molar-refractivity contribution in [1.82, 2.24) is 10.2 Å². The molecule has 0 radical (unpaired) electrons. The Morgan fingerprint density at radius 2 is 1.86 bits per heavy atom. The van der Waals surface area contributed by atoms with Crippen LogP contribution in [0.1, 0.15) is 53.4 Å². The fourth-order valence-electron chi connectivity index (χ4n) is 2.44. The third-order valence-electron chi connectivity index (χ3n) is 3.29. The Hall–Kier alpha value is -1.46. The van der Waals surface area contributed by atoms with E-state index in [1.54, 1.807) is 11.8 Å². The van der Waals surface area contributed by atoms with Crippen molar-refractivity contribution in [2.75, 3.05) is 19.7 Å². The molecule has 0 saturated heterocycles. The van der Waals surface area contributed by atoms with E-state index in [-0.39, 0.29) is 12.1 Å². The molecule has 0 aromatic rings. The van der Waals surface area contributed by atoms with Crippen LogP contribution in [0.4, 0.5) is 9.59 Å². The van der Waals surface area contributed by atoms with Crippen LogP contribution in [0, 0.1) is 0 Å². The second kappa shape index (κ2) is 8.10. The van der Waals surface area contributed by atoms with Crippen LogP contribution < -0.4 is 5.32 Å². The van der Waals surface area contributed by atoms with E-state index in [0.29, 0.717) is 19.7 Å². The minimum atomic E-state index is -0.517. The van der Waals surface area contributed by atoms with Crippen molar-refractivity contribution in [3.8, 4) is 0 Å². The maximum Gasteiger partial charge on any atom is 0.410 e. The summed E-state index contributed by atoms with van der Waals surface area (Å²) in [6.07, 6.45) is 3.53. The summed E-state index contributed by atoms with van der Waals surface area (Å²) in [6.45, 7) is 8.42. The molecule has 1 N–H and O–H groups in total. The normalized spacial score (nSPS) is 15.6. The number of carbonyl (C=O) groups excluding carboxylic acids is 2. The average molecular weight is 300 g/mol. The molecule has 1 aliphatic rings. The van der Waals surface area contributed by atoms with E-state index in [1.807, 2.05) is 20.8 Å². The van der Waals surface area contributed by atoms with Crippen molar-refractivity contribution in [1.29, 1.82) is 0 Å². The van der Waals surface area contributed by atoms with Crippen LogP contribution in [0.3, 0.4) is 0 Å². The molecule has 0 atom stereocenters. The number of alkyl carbamates (subject to hydrolysis) is 1. The second-order valence-corrected chi connectivity index (χ2v) is 6.26. The van der Waals surface area contributed by atoms with Crippen LogP contribution in [0.25, 0.3) is 0 Å². The molecule has 1 fully saturated rings. The third-order valence-corrected chi connectivity index (χ3v) is 3.29. The molecule has 6 nitrogen and oxygen atoms in total. The number of nitrogens with zero attached hydrogens (tertiary/aromatic N) is 1. The Balaban J connectivity index is 2.42. The molecule has 1 saturated carbocycles. The maximum absolute atomic E-state index is 12.0. The summed E-state index contributed by atoms with van der Waals surface area (Å²) in [6, 6.07) is 0.226. The molecule has 2 amide bonds. The zero-order valence-corrected chi connectivity index (χ0v) is 13.6. The van der Waals surface area contributed by atoms with Crippen LogP contribution >= 0.6 is 0 Å². The van der Waals surface area contributed by atoms with Gasteiger partial charge in [0.15, 0.2) is 0 Å². The van der Waals surface area contributed by atoms with Crippen molar-refractivity contribution in [3.63, 3.8) is 0 Å². The molecule has 0 heterocycles. The first-order chi connectivity index (χ1) is 9.83. The van der Waals surface area contributed by atoms with E-state index in [4.69, 9.17) is 9.47 Å². The lowest BCUT2D eigenvalue weighted by molar-refractivity contribution is 0.0509. The minimum absolute atomic E-state index is 0.226. The van der Waals surface area contributed by atoms with Gasteiger partial charge in [-0.25, -0.2) is 9.59 Å². The summed E-state index contributed by atoms with van der Waals surface area (Å²) in [7, 11) is 0. The van der Waals surface area contributed by atoms with E-state index < -0.39 is 11.7 Å². The molecule has 0 aromatic heterocycles. The van der Waals surface area contributed by atoms with Crippen LogP contribution in [-0.2, 0) is 9.47 Å². The first-order valence-electron chi connectivity index (χ1n) is 7.73. The lowest BCUT2D eigenvalue weighted by Crippen LogP contribution is -2.44. The van der Waals surface area contributed by atoms with Gasteiger partial charge in [-0.1, -0.05) is 12.8 Å². The summed E-state index contributed by atoms with van der Waals surface area (Å²) >= 11 is 0. The number of nitrogens with one attached hydrogen (secondary N) is 1. The predicted octanol–water partition coefficient (Wildman–Crippen LogP) is 2.91. The largest absolute Gasteiger partial charge is 0.450 e. The fourth-order valence-corrected chi connectivity index (χ4v) is 2.44. The number of hydrogen-bond donors (Lipinski definition) is 1. The summed E-state index contributed by atoms with van der Waals surface area (Å²) in [4.78, 5) is 25.3. The van der Waals surface area contributed by atoms with Gasteiger partial charge in [-0.05, 0) is 40.5 Å². The Morgan fingerprint density at radius 1 is 1.24 bits per heavy atom. The number of amides is 2. The van der Waals surface area contributed by atoms with Crippen LogP contribution in [0.15, 0.2) is 0 Å². The smallest absolute Gasteiger partial charge is 0.410 e. The first-order valence-corrected chi connectivity index (χ1v) is 7.73. The molecule has 21 heavy (non-hydrogen) atoms. The van der Waals surface area contributed by atoms with Gasteiger partial charge in [0.2, 0.25) is 0 Å². The Bertz CT molecular complexity index is 346. The van der Waals surface area contributed by atoms with E-state index in [0.717, 1.165) is 25.7 Å². The van der Waals surface area contributed by atoms with Crippen LogP contribution in [0.2, 0.25) is 0 Å². The SMILES string of the molecule is CCOC(=O)N(CCNC(=O)OC(C)(C)C)C1CCCC1. The summed E-state index contributed by atoms with van der Waals surface area (Å²) < 4.78 is 10.3. The third kappa shape index (κ3) is 6.69. The van der Waals surface area contributed by atoms with Crippen molar-refractivity contribution < 1.29 is 19.1 Å². The molecule has 0 aliphatic heterocycles. The first kappa shape index (κ1) is 17.6. The van der Waals surface area contributed by atoms with Gasteiger partial charge >= 0.3 is 12.2 Å². The van der Waals surface area contributed by atoms with Gasteiger partial charge in [-0.2, -0.15) is 0 Å². The fraction of sp³-hybridized carbons (Fsp3) is 0.867. The highest BCUT2D eigenvalue weighted by Gasteiger charge is 2.27. The number of hydrogen-bond acceptors (Lipinski definition) is 4. The number of ether oxygens (including phenoxy) is 2. The monoisotopic (exact) mass is 300 g/mol. The summed E-state index contributed by atoms with van der Waals surface area (Å²) in [5.74, 6) is 0. The van der Waals surface area contributed by atoms with Crippen molar-refractivity contribution >= 4 is 12.2 Å². The standard InChI is InChI=1S/C15H28N2O4/c1-5-20-14(19)17(12-8-6-7-9-12)11-10-16-13(18)21-15(2,3)4/h12H,5-11H2,1-4H3,(H,16,18). The van der Waals surface area contributed by atoms with Crippen molar-refractivity contribution in [2.45, 2.75) is 65.0 Å². The van der Waals surface area contributed by atoms with Gasteiger partial charge < -0.3 is 19.7 Å².